The maximum atomic E-state index is 11.4. The summed E-state index contributed by atoms with van der Waals surface area (Å²) >= 11 is 6.23. The normalized spacial score (nSPS) is 9.95. The summed E-state index contributed by atoms with van der Waals surface area (Å²) in [6.07, 6.45) is 2.65. The predicted octanol–water partition coefficient (Wildman–Crippen LogP) is 2.75. The number of amides is 1. The van der Waals surface area contributed by atoms with Crippen LogP contribution >= 0.6 is 11.6 Å². The Labute approximate surface area is 128 Å². The number of nitrogens with zero attached hydrogens (tertiary/aromatic N) is 2. The van der Waals surface area contributed by atoms with Crippen molar-refractivity contribution < 1.29 is 4.79 Å². The van der Waals surface area contributed by atoms with Crippen molar-refractivity contribution >= 4 is 17.5 Å². The minimum Gasteiger partial charge on any atom is -0.354 e. The lowest BCUT2D eigenvalue weighted by atomic mass is 10.0. The van der Waals surface area contributed by atoms with E-state index >= 15 is 0 Å². The second-order valence-corrected chi connectivity index (χ2v) is 4.98. The number of nitriles is 1. The molecule has 4 nitrogen and oxygen atoms in total. The van der Waals surface area contributed by atoms with E-state index in [1.54, 1.807) is 19.3 Å². The lowest BCUT2D eigenvalue weighted by Crippen LogP contribution is -2.19. The molecule has 1 heterocycles. The maximum absolute atomic E-state index is 11.4. The zero-order chi connectivity index (χ0) is 15.2. The van der Waals surface area contributed by atoms with Crippen molar-refractivity contribution in [3.8, 4) is 6.07 Å². The molecular weight excluding hydrogens is 286 g/mol. The third-order valence-corrected chi connectivity index (χ3v) is 3.43. The summed E-state index contributed by atoms with van der Waals surface area (Å²) in [5.74, 6) is -0.208. The first-order valence-corrected chi connectivity index (χ1v) is 6.83. The van der Waals surface area contributed by atoms with Gasteiger partial charge in [-0.2, -0.15) is 5.26 Å². The van der Waals surface area contributed by atoms with Crippen LogP contribution in [0.25, 0.3) is 0 Å². The van der Waals surface area contributed by atoms with E-state index in [1.165, 1.54) is 0 Å². The van der Waals surface area contributed by atoms with Gasteiger partial charge >= 0.3 is 0 Å². The number of hydrogen-bond acceptors (Lipinski definition) is 3. The van der Waals surface area contributed by atoms with E-state index in [2.05, 4.69) is 16.4 Å². The van der Waals surface area contributed by atoms with Crippen LogP contribution in [0.15, 0.2) is 36.5 Å². The number of hydrogen-bond donors (Lipinski definition) is 1. The van der Waals surface area contributed by atoms with E-state index in [-0.39, 0.29) is 5.91 Å². The topological polar surface area (TPSA) is 65.8 Å². The number of pyridine rings is 1. The Morgan fingerprint density at radius 3 is 2.67 bits per heavy atom. The Balaban J connectivity index is 2.15. The minimum absolute atomic E-state index is 0.208. The van der Waals surface area contributed by atoms with Crippen LogP contribution in [0.5, 0.6) is 0 Å². The highest BCUT2D eigenvalue weighted by Crippen LogP contribution is 2.21. The molecule has 1 aromatic heterocycles. The molecule has 0 spiro atoms. The quantitative estimate of drug-likeness (QED) is 0.944. The second kappa shape index (κ2) is 6.87. The molecule has 2 rings (SSSR count). The Morgan fingerprint density at radius 2 is 2.10 bits per heavy atom. The molecule has 0 unspecified atom stereocenters. The van der Waals surface area contributed by atoms with Gasteiger partial charge in [-0.3, -0.25) is 9.78 Å². The molecule has 1 aromatic carbocycles. The number of benzene rings is 1. The summed E-state index contributed by atoms with van der Waals surface area (Å²) in [6.45, 7) is 0. The van der Waals surface area contributed by atoms with Gasteiger partial charge in [-0.25, -0.2) is 0 Å². The van der Waals surface area contributed by atoms with Crippen molar-refractivity contribution in [3.63, 3.8) is 0 Å². The molecule has 0 saturated heterocycles. The second-order valence-electron chi connectivity index (χ2n) is 4.57. The van der Waals surface area contributed by atoms with Gasteiger partial charge in [-0.15, -0.1) is 0 Å². The zero-order valence-corrected chi connectivity index (χ0v) is 12.3. The first-order chi connectivity index (χ1) is 10.1. The van der Waals surface area contributed by atoms with E-state index in [9.17, 15) is 4.79 Å². The van der Waals surface area contributed by atoms with Gasteiger partial charge in [0.25, 0.3) is 5.91 Å². The fourth-order valence-electron chi connectivity index (χ4n) is 1.95. The zero-order valence-electron chi connectivity index (χ0n) is 11.6. The maximum Gasteiger partial charge on any atom is 0.269 e. The Hall–Kier alpha value is -2.38. The van der Waals surface area contributed by atoms with Crippen molar-refractivity contribution in [1.82, 2.24) is 10.3 Å². The summed E-state index contributed by atoms with van der Waals surface area (Å²) in [4.78, 5) is 15.5. The van der Waals surface area contributed by atoms with E-state index < -0.39 is 0 Å². The SMILES string of the molecule is CNC(=O)c1ccc(Cc2ccc(CC#N)cc2Cl)cn1. The molecule has 106 valence electrons. The predicted molar refractivity (Wildman–Crippen MR) is 81.2 cm³/mol. The number of rotatable bonds is 4. The molecule has 1 N–H and O–H groups in total. The van der Waals surface area contributed by atoms with Crippen LogP contribution in [0.1, 0.15) is 27.2 Å². The number of aromatic nitrogens is 1. The van der Waals surface area contributed by atoms with Gasteiger partial charge < -0.3 is 5.32 Å². The monoisotopic (exact) mass is 299 g/mol. The van der Waals surface area contributed by atoms with Crippen LogP contribution in [0.3, 0.4) is 0 Å². The Bertz CT molecular complexity index is 690. The molecule has 2 aromatic rings. The van der Waals surface area contributed by atoms with Gasteiger partial charge in [0.15, 0.2) is 0 Å². The number of carbonyl (C=O) groups is 1. The van der Waals surface area contributed by atoms with Crippen LogP contribution in [-0.2, 0) is 12.8 Å². The largest absolute Gasteiger partial charge is 0.354 e. The standard InChI is InChI=1S/C16H14ClN3O/c1-19-16(21)15-5-3-12(10-20-15)8-13-4-2-11(6-7-18)9-14(13)17/h2-5,9-10H,6,8H2,1H3,(H,19,21). The molecule has 0 fully saturated rings. The van der Waals surface area contributed by atoms with E-state index in [0.717, 1.165) is 16.7 Å². The Morgan fingerprint density at radius 1 is 1.33 bits per heavy atom. The molecule has 0 radical (unpaired) electrons. The molecule has 5 heteroatoms. The van der Waals surface area contributed by atoms with Crippen LogP contribution in [0.2, 0.25) is 5.02 Å². The number of halogens is 1. The molecule has 0 bridgehead atoms. The van der Waals surface area contributed by atoms with Crippen LogP contribution in [-0.4, -0.2) is 17.9 Å². The molecular formula is C16H14ClN3O. The van der Waals surface area contributed by atoms with Gasteiger partial charge in [0.2, 0.25) is 0 Å². The first kappa shape index (κ1) is 15.0. The fourth-order valence-corrected chi connectivity index (χ4v) is 2.22. The smallest absolute Gasteiger partial charge is 0.269 e. The van der Waals surface area contributed by atoms with Crippen molar-refractivity contribution in [2.45, 2.75) is 12.8 Å². The van der Waals surface area contributed by atoms with Gasteiger partial charge in [-0.1, -0.05) is 29.8 Å². The molecule has 0 aliphatic carbocycles. The third kappa shape index (κ3) is 3.80. The van der Waals surface area contributed by atoms with E-state index in [1.807, 2.05) is 24.3 Å². The lowest BCUT2D eigenvalue weighted by Gasteiger charge is -2.06. The molecule has 0 aliphatic rings. The molecule has 1 amide bonds. The molecule has 21 heavy (non-hydrogen) atoms. The van der Waals surface area contributed by atoms with Gasteiger partial charge in [0, 0.05) is 24.7 Å². The van der Waals surface area contributed by atoms with Crippen LogP contribution < -0.4 is 5.32 Å². The summed E-state index contributed by atoms with van der Waals surface area (Å²) < 4.78 is 0. The molecule has 0 atom stereocenters. The summed E-state index contributed by atoms with van der Waals surface area (Å²) in [6, 6.07) is 11.3. The van der Waals surface area contributed by atoms with E-state index in [0.29, 0.717) is 23.6 Å². The van der Waals surface area contributed by atoms with Gasteiger partial charge in [-0.05, 0) is 28.8 Å². The number of nitrogens with one attached hydrogen (secondary N) is 1. The third-order valence-electron chi connectivity index (χ3n) is 3.08. The summed E-state index contributed by atoms with van der Waals surface area (Å²) in [5.41, 5.74) is 3.22. The van der Waals surface area contributed by atoms with Gasteiger partial charge in [0.05, 0.1) is 12.5 Å². The van der Waals surface area contributed by atoms with Crippen LogP contribution in [0.4, 0.5) is 0 Å². The summed E-state index contributed by atoms with van der Waals surface area (Å²) in [7, 11) is 1.57. The summed E-state index contributed by atoms with van der Waals surface area (Å²) in [5, 5.41) is 11.8. The minimum atomic E-state index is -0.208. The van der Waals surface area contributed by atoms with Crippen molar-refractivity contribution in [3.05, 3.63) is 63.9 Å². The van der Waals surface area contributed by atoms with Gasteiger partial charge in [0.1, 0.15) is 5.69 Å². The van der Waals surface area contributed by atoms with Crippen molar-refractivity contribution in [1.29, 1.82) is 5.26 Å². The highest BCUT2D eigenvalue weighted by Gasteiger charge is 2.07. The van der Waals surface area contributed by atoms with E-state index in [4.69, 9.17) is 16.9 Å². The fraction of sp³-hybridized carbons (Fsp3) is 0.188. The average molecular weight is 300 g/mol. The first-order valence-electron chi connectivity index (χ1n) is 6.45. The lowest BCUT2D eigenvalue weighted by molar-refractivity contribution is 0.0958. The molecule has 0 saturated carbocycles. The highest BCUT2D eigenvalue weighted by molar-refractivity contribution is 6.31. The van der Waals surface area contributed by atoms with Crippen molar-refractivity contribution in [2.24, 2.45) is 0 Å². The van der Waals surface area contributed by atoms with Crippen molar-refractivity contribution in [2.75, 3.05) is 7.05 Å². The average Bonchev–Trinajstić information content (AvgIpc) is 2.50. The molecule has 0 aliphatic heterocycles. The Kier molecular flexibility index (Phi) is 4.91. The van der Waals surface area contributed by atoms with Crippen LogP contribution in [0, 0.1) is 11.3 Å². The number of carbonyl (C=O) groups excluding carboxylic acids is 1. The highest BCUT2D eigenvalue weighted by atomic mass is 35.5.